The first-order valence-electron chi connectivity index (χ1n) is 11.4. The van der Waals surface area contributed by atoms with Crippen LogP contribution in [0.4, 0.5) is 5.69 Å². The maximum Gasteiger partial charge on any atom is 0.334 e. The second kappa shape index (κ2) is 10.4. The number of anilines is 1. The fraction of sp³-hybridized carbons (Fsp3) is 0.360. The molecule has 2 aromatic rings. The van der Waals surface area contributed by atoms with E-state index >= 15 is 0 Å². The van der Waals surface area contributed by atoms with Crippen LogP contribution >= 0.6 is 0 Å². The van der Waals surface area contributed by atoms with Crippen LogP contribution in [0.3, 0.4) is 0 Å². The van der Waals surface area contributed by atoms with Crippen molar-refractivity contribution < 1.29 is 19.1 Å². The fourth-order valence-corrected chi connectivity index (χ4v) is 4.33. The van der Waals surface area contributed by atoms with Crippen molar-refractivity contribution in [3.63, 3.8) is 0 Å². The Kier molecular flexibility index (Phi) is 7.10. The summed E-state index contributed by atoms with van der Waals surface area (Å²) in [6.07, 6.45) is 3.64. The average Bonchev–Trinajstić information content (AvgIpc) is 3.33. The second-order valence-electron chi connectivity index (χ2n) is 8.20. The lowest BCUT2D eigenvalue weighted by Crippen LogP contribution is -2.27. The molecule has 0 aliphatic carbocycles. The van der Waals surface area contributed by atoms with Crippen molar-refractivity contribution in [1.82, 2.24) is 4.90 Å². The Morgan fingerprint density at radius 3 is 2.56 bits per heavy atom. The van der Waals surface area contributed by atoms with Gasteiger partial charge in [-0.05, 0) is 55.7 Å². The molecule has 0 aromatic heterocycles. The van der Waals surface area contributed by atoms with Gasteiger partial charge in [0.25, 0.3) is 5.91 Å². The maximum atomic E-state index is 12.7. The van der Waals surface area contributed by atoms with Gasteiger partial charge in [0.2, 0.25) is 0 Å². The number of nitrogens with one attached hydrogen (secondary N) is 1. The van der Waals surface area contributed by atoms with Crippen LogP contribution in [0.15, 0.2) is 52.3 Å². The van der Waals surface area contributed by atoms with Crippen molar-refractivity contribution in [2.75, 3.05) is 32.1 Å². The highest BCUT2D eigenvalue weighted by Gasteiger charge is 2.24. The molecular formula is C25H29N5O4. The van der Waals surface area contributed by atoms with E-state index in [9.17, 15) is 9.59 Å². The summed E-state index contributed by atoms with van der Waals surface area (Å²) in [6, 6.07) is 11.3. The van der Waals surface area contributed by atoms with Crippen LogP contribution in [0, 0.1) is 0 Å². The van der Waals surface area contributed by atoms with Gasteiger partial charge >= 0.3 is 5.97 Å². The van der Waals surface area contributed by atoms with Crippen LogP contribution in [0.5, 0.6) is 5.75 Å². The predicted molar refractivity (Wildman–Crippen MR) is 129 cm³/mol. The molecule has 0 saturated carbocycles. The zero-order valence-electron chi connectivity index (χ0n) is 19.4. The highest BCUT2D eigenvalue weighted by molar-refractivity contribution is 5.97. The van der Waals surface area contributed by atoms with E-state index in [-0.39, 0.29) is 18.9 Å². The Labute approximate surface area is 198 Å². The summed E-state index contributed by atoms with van der Waals surface area (Å²) in [5.74, 6) is 5.58. The molecule has 2 aliphatic heterocycles. The number of nitrogens with zero attached hydrogens (tertiary/aromatic N) is 3. The molecular weight excluding hydrogens is 434 g/mol. The first kappa shape index (κ1) is 23.3. The molecule has 34 heavy (non-hydrogen) atoms. The molecule has 1 saturated heterocycles. The van der Waals surface area contributed by atoms with Crippen LogP contribution in [0.1, 0.15) is 42.1 Å². The standard InChI is InChI=1S/C25H29N5O4/c1-3-34-25(32)19-12-18-13-22(33-2)20(15-21(18)27-23(14-19)28-29-26)16-6-8-17(9-7-16)24(31)30-10-4-5-11-30/h6-9,12-13,15,23,27H,3-5,10-11,14H2,1-2H3,(H2,26,28). The van der Waals surface area contributed by atoms with Crippen molar-refractivity contribution in [2.24, 2.45) is 16.2 Å². The number of fused-ring (bicyclic) bond motifs is 1. The number of amides is 1. The summed E-state index contributed by atoms with van der Waals surface area (Å²) in [6.45, 7) is 3.66. The van der Waals surface area contributed by atoms with Gasteiger partial charge in [0, 0.05) is 47.5 Å². The van der Waals surface area contributed by atoms with Gasteiger partial charge in [-0.2, -0.15) is 0 Å². The number of nitrogens with two attached hydrogens (primary N) is 1. The van der Waals surface area contributed by atoms with Gasteiger partial charge in [-0.15, -0.1) is 5.11 Å². The molecule has 2 aliphatic rings. The summed E-state index contributed by atoms with van der Waals surface area (Å²) < 4.78 is 10.9. The number of ether oxygens (including phenoxy) is 2. The molecule has 1 unspecified atom stereocenters. The molecule has 9 heteroatoms. The van der Waals surface area contributed by atoms with Crippen LogP contribution < -0.4 is 15.9 Å². The van der Waals surface area contributed by atoms with Gasteiger partial charge in [0.05, 0.1) is 13.7 Å². The van der Waals surface area contributed by atoms with Crippen molar-refractivity contribution in [3.05, 3.63) is 53.1 Å². The predicted octanol–water partition coefficient (Wildman–Crippen LogP) is 4.01. The first-order valence-corrected chi connectivity index (χ1v) is 11.4. The molecule has 1 amide bonds. The second-order valence-corrected chi connectivity index (χ2v) is 8.20. The van der Waals surface area contributed by atoms with E-state index < -0.39 is 12.1 Å². The van der Waals surface area contributed by atoms with E-state index in [1.165, 1.54) is 0 Å². The number of carbonyl (C=O) groups is 2. The van der Waals surface area contributed by atoms with Crippen LogP contribution in [0.2, 0.25) is 0 Å². The van der Waals surface area contributed by atoms with Gasteiger partial charge < -0.3 is 25.5 Å². The van der Waals surface area contributed by atoms with Crippen molar-refractivity contribution in [1.29, 1.82) is 0 Å². The minimum absolute atomic E-state index is 0.0613. The summed E-state index contributed by atoms with van der Waals surface area (Å²) in [5, 5.41) is 10.7. The van der Waals surface area contributed by atoms with Gasteiger partial charge in [-0.3, -0.25) is 4.79 Å². The molecule has 2 aromatic carbocycles. The maximum absolute atomic E-state index is 12.7. The van der Waals surface area contributed by atoms with Crippen LogP contribution in [-0.4, -0.2) is 49.7 Å². The van der Waals surface area contributed by atoms with Crippen molar-refractivity contribution in [3.8, 4) is 16.9 Å². The molecule has 4 rings (SSSR count). The zero-order chi connectivity index (χ0) is 24.1. The minimum Gasteiger partial charge on any atom is -0.496 e. The van der Waals surface area contributed by atoms with Gasteiger partial charge in [0.1, 0.15) is 11.9 Å². The molecule has 2 heterocycles. The number of esters is 1. The van der Waals surface area contributed by atoms with Crippen LogP contribution in [0.25, 0.3) is 17.2 Å². The van der Waals surface area contributed by atoms with E-state index in [0.717, 1.165) is 48.3 Å². The Hall–Kier alpha value is -3.88. The van der Waals surface area contributed by atoms with E-state index in [0.29, 0.717) is 16.9 Å². The summed E-state index contributed by atoms with van der Waals surface area (Å²) >= 11 is 0. The Morgan fingerprint density at radius 2 is 1.91 bits per heavy atom. The van der Waals surface area contributed by atoms with E-state index in [1.807, 2.05) is 41.3 Å². The molecule has 1 fully saturated rings. The van der Waals surface area contributed by atoms with Crippen molar-refractivity contribution in [2.45, 2.75) is 32.4 Å². The molecule has 0 spiro atoms. The fourth-order valence-electron chi connectivity index (χ4n) is 4.33. The minimum atomic E-state index is -0.524. The first-order chi connectivity index (χ1) is 16.5. The lowest BCUT2D eigenvalue weighted by Gasteiger charge is -2.18. The number of methoxy groups -OCH3 is 1. The highest BCUT2D eigenvalue weighted by atomic mass is 16.5. The summed E-state index contributed by atoms with van der Waals surface area (Å²) in [4.78, 5) is 27.0. The Balaban J connectivity index is 1.70. The summed E-state index contributed by atoms with van der Waals surface area (Å²) in [7, 11) is 1.60. The van der Waals surface area contributed by atoms with E-state index in [4.69, 9.17) is 15.3 Å². The SMILES string of the molecule is CCOC(=O)C1=Cc2cc(OC)c(-c3ccc(C(=O)N4CCCC4)cc3)cc2NC(N=NN)C1. The normalized spacial score (nSPS) is 17.5. The smallest absolute Gasteiger partial charge is 0.334 e. The molecule has 1 atom stereocenters. The van der Waals surface area contributed by atoms with Gasteiger partial charge in [-0.1, -0.05) is 17.4 Å². The molecule has 3 N–H and O–H groups in total. The molecule has 178 valence electrons. The number of hydrogen-bond donors (Lipinski definition) is 2. The van der Waals surface area contributed by atoms with Gasteiger partial charge in [-0.25, -0.2) is 4.79 Å². The largest absolute Gasteiger partial charge is 0.496 e. The monoisotopic (exact) mass is 463 g/mol. The summed E-state index contributed by atoms with van der Waals surface area (Å²) in [5.41, 5.74) is 4.39. The average molecular weight is 464 g/mol. The number of hydrogen-bond acceptors (Lipinski definition) is 7. The number of rotatable bonds is 6. The lowest BCUT2D eigenvalue weighted by molar-refractivity contribution is -0.138. The van der Waals surface area contributed by atoms with Crippen LogP contribution in [-0.2, 0) is 9.53 Å². The number of benzene rings is 2. The Bertz CT molecular complexity index is 1120. The number of likely N-dealkylation sites (tertiary alicyclic amines) is 1. The highest BCUT2D eigenvalue weighted by Crippen LogP contribution is 2.38. The van der Waals surface area contributed by atoms with E-state index in [2.05, 4.69) is 15.7 Å². The third-order valence-electron chi connectivity index (χ3n) is 6.02. The molecule has 0 radical (unpaired) electrons. The third kappa shape index (κ3) is 4.88. The van der Waals surface area contributed by atoms with Crippen molar-refractivity contribution >= 4 is 23.6 Å². The number of carbonyl (C=O) groups excluding carboxylic acids is 2. The quantitative estimate of drug-likeness (QED) is 0.289. The topological polar surface area (TPSA) is 119 Å². The Morgan fingerprint density at radius 1 is 1.18 bits per heavy atom. The van der Waals surface area contributed by atoms with E-state index in [1.54, 1.807) is 20.1 Å². The third-order valence-corrected chi connectivity index (χ3v) is 6.02. The molecule has 0 bridgehead atoms. The molecule has 9 nitrogen and oxygen atoms in total. The lowest BCUT2D eigenvalue weighted by atomic mass is 9.98. The van der Waals surface area contributed by atoms with Gasteiger partial charge in [0.15, 0.2) is 0 Å². The zero-order valence-corrected chi connectivity index (χ0v) is 19.4.